The number of sulfonamides is 1. The highest BCUT2D eigenvalue weighted by Crippen LogP contribution is 2.54. The number of methoxy groups -OCH3 is 1. The number of piperidine rings is 1. The Morgan fingerprint density at radius 3 is 2.49 bits per heavy atom. The molecule has 4 N–H and O–H groups in total. The van der Waals surface area contributed by atoms with E-state index in [-0.39, 0.29) is 66.3 Å². The first-order valence-electron chi connectivity index (χ1n) is 27.9. The first kappa shape index (κ1) is 53.3. The third-order valence-corrected chi connectivity index (χ3v) is 18.8. The summed E-state index contributed by atoms with van der Waals surface area (Å²) in [6.45, 7) is 10.9. The number of carbonyl (C=O) groups excluding carboxylic acids is 1. The number of nitrogens with one attached hydrogen (secondary N) is 4. The monoisotopic (exact) mass is 1110 g/mol. The molecule has 7 heterocycles. The first-order valence-corrected chi connectivity index (χ1v) is 29.3. The fourth-order valence-electron chi connectivity index (χ4n) is 13.0. The minimum atomic E-state index is -4.84. The number of aromatic amines is 2. The highest BCUT2D eigenvalue weighted by atomic mass is 32.2. The van der Waals surface area contributed by atoms with Crippen molar-refractivity contribution in [2.75, 3.05) is 87.9 Å². The average molecular weight is 1110 g/mol. The van der Waals surface area contributed by atoms with Crippen LogP contribution in [-0.2, 0) is 21.3 Å². The third kappa shape index (κ3) is 10.4. The van der Waals surface area contributed by atoms with Crippen molar-refractivity contribution in [1.29, 1.82) is 0 Å². The second-order valence-corrected chi connectivity index (χ2v) is 24.3. The number of nitrogens with zero attached hydrogens (tertiary/aromatic N) is 7. The number of aromatic nitrogens is 4. The van der Waals surface area contributed by atoms with Crippen molar-refractivity contribution < 1.29 is 36.7 Å². The van der Waals surface area contributed by atoms with Gasteiger partial charge < -0.3 is 39.3 Å². The van der Waals surface area contributed by atoms with Crippen LogP contribution in [0.5, 0.6) is 11.6 Å². The van der Waals surface area contributed by atoms with Gasteiger partial charge in [0.1, 0.15) is 38.9 Å². The average Bonchev–Trinajstić information content (AvgIpc) is 4.16. The molecule has 4 aromatic carbocycles. The lowest BCUT2D eigenvalue weighted by molar-refractivity contribution is -0.384. The lowest BCUT2D eigenvalue weighted by Crippen LogP contribution is -2.60. The Kier molecular flexibility index (Phi) is 14.4. The van der Waals surface area contributed by atoms with Crippen molar-refractivity contribution in [2.24, 2.45) is 5.41 Å². The Hall–Kier alpha value is -7.33. The summed E-state index contributed by atoms with van der Waals surface area (Å²) in [7, 11) is -3.14. The molecule has 19 nitrogen and oxygen atoms in total. The van der Waals surface area contributed by atoms with Gasteiger partial charge in [-0.2, -0.15) is 4.98 Å². The number of hydrogen-bond acceptors (Lipinski definition) is 15. The molecule has 1 amide bonds. The van der Waals surface area contributed by atoms with Crippen LogP contribution >= 0.6 is 0 Å². The molecular formula is C59H68FN11O8S. The molecule has 1 saturated carbocycles. The summed E-state index contributed by atoms with van der Waals surface area (Å²) < 4.78 is 64.0. The lowest BCUT2D eigenvalue weighted by atomic mass is 9.59. The predicted octanol–water partition coefficient (Wildman–Crippen LogP) is 9.76. The molecule has 80 heavy (non-hydrogen) atoms. The number of ether oxygens (including phenoxy) is 3. The zero-order chi connectivity index (χ0) is 55.3. The molecule has 4 aliphatic heterocycles. The van der Waals surface area contributed by atoms with Crippen LogP contribution in [0, 0.1) is 15.5 Å². The number of alkyl halides is 1. The minimum absolute atomic E-state index is 0.0191. The van der Waals surface area contributed by atoms with Crippen LogP contribution in [-0.4, -0.2) is 133 Å². The topological polar surface area (TPSA) is 216 Å². The van der Waals surface area contributed by atoms with Crippen molar-refractivity contribution in [3.05, 3.63) is 130 Å². The number of nitro benzene ring substituents is 1. The minimum Gasteiger partial charge on any atom is -0.497 e. The van der Waals surface area contributed by atoms with Crippen LogP contribution in [0.4, 0.5) is 32.8 Å². The van der Waals surface area contributed by atoms with Gasteiger partial charge in [0, 0.05) is 114 Å². The molecule has 5 aliphatic rings. The summed E-state index contributed by atoms with van der Waals surface area (Å²) in [6.07, 6.45) is 8.02. The van der Waals surface area contributed by atoms with Crippen molar-refractivity contribution in [2.45, 2.75) is 93.9 Å². The first-order chi connectivity index (χ1) is 38.7. The molecule has 3 aromatic heterocycles. The molecule has 0 bridgehead atoms. The van der Waals surface area contributed by atoms with Crippen molar-refractivity contribution in [1.82, 2.24) is 34.5 Å². The van der Waals surface area contributed by atoms with E-state index in [2.05, 4.69) is 89.9 Å². The van der Waals surface area contributed by atoms with Gasteiger partial charge in [0.25, 0.3) is 21.6 Å². The number of pyridine rings is 1. The summed E-state index contributed by atoms with van der Waals surface area (Å²) >= 11 is 0. The molecule has 1 spiro atoms. The number of anilines is 4. The van der Waals surface area contributed by atoms with Gasteiger partial charge in [-0.15, -0.1) is 0 Å². The number of rotatable bonds is 15. The molecule has 1 unspecified atom stereocenters. The number of hydrogen-bond donors (Lipinski definition) is 4. The van der Waals surface area contributed by atoms with E-state index in [0.717, 1.165) is 87.8 Å². The van der Waals surface area contributed by atoms with E-state index in [9.17, 15) is 23.3 Å². The standard InChI is InChI=1S/C59H68FN11O8S/c1-38(2)44-7-4-5-8-45(44)50-35-67(34-39-9-12-43(77-3)13-10-39)24-25-69(50)42-32-58(33-42)16-22-68(23-17-58)41-11-14-46(47(30-41)70-21-6-26-79-57-49(70)29-40-15-20-61-55(40)65-57)56(72)66-80(75,76)51-31-48(71(73)74)52(54-53(51)63-37-64-54)62-36-59(60)18-27-78-28-19-59/h4-5,7-15,20,29-31,37-38,42,50,62H,6,16-19,21-28,32-36H2,1-3H3,(H,61,65)(H,63,64)(H,66,72). The molecule has 12 rings (SSSR count). The van der Waals surface area contributed by atoms with Crippen LogP contribution < -0.4 is 29.3 Å². The molecule has 0 radical (unpaired) electrons. The Balaban J connectivity index is 0.802. The van der Waals surface area contributed by atoms with E-state index in [1.165, 1.54) is 23.0 Å². The summed E-state index contributed by atoms with van der Waals surface area (Å²) in [6, 6.07) is 28.4. The van der Waals surface area contributed by atoms with Crippen LogP contribution in [0.3, 0.4) is 0 Å². The van der Waals surface area contributed by atoms with Gasteiger partial charge in [0.15, 0.2) is 0 Å². The second kappa shape index (κ2) is 21.6. The number of nitro groups is 1. The van der Waals surface area contributed by atoms with Gasteiger partial charge in [0.05, 0.1) is 41.7 Å². The second-order valence-electron chi connectivity index (χ2n) is 22.7. The largest absolute Gasteiger partial charge is 0.497 e. The fraction of sp³-hybridized carbons (Fsp3) is 0.441. The third-order valence-electron chi connectivity index (χ3n) is 17.4. The smallest absolute Gasteiger partial charge is 0.296 e. The van der Waals surface area contributed by atoms with Crippen molar-refractivity contribution in [3.8, 4) is 11.6 Å². The number of fused-ring (bicyclic) bond motifs is 3. The molecule has 21 heteroatoms. The maximum absolute atomic E-state index is 15.7. The number of carbonyl (C=O) groups is 1. The number of benzene rings is 4. The Morgan fingerprint density at radius 1 is 0.938 bits per heavy atom. The number of H-pyrrole nitrogens is 2. The normalized spacial score (nSPS) is 19.8. The van der Waals surface area contributed by atoms with E-state index < -0.39 is 37.1 Å². The van der Waals surface area contributed by atoms with Crippen molar-refractivity contribution >= 4 is 66.4 Å². The summed E-state index contributed by atoms with van der Waals surface area (Å²) in [5, 5.41) is 16.3. The lowest BCUT2D eigenvalue weighted by Gasteiger charge is -2.58. The number of halogens is 1. The molecule has 7 aromatic rings. The van der Waals surface area contributed by atoms with Crippen LogP contribution in [0.25, 0.3) is 22.1 Å². The Labute approximate surface area is 464 Å². The number of piperazine rings is 1. The van der Waals surface area contributed by atoms with Crippen LogP contribution in [0.2, 0.25) is 0 Å². The molecule has 1 aliphatic carbocycles. The molecule has 420 valence electrons. The van der Waals surface area contributed by atoms with Crippen LogP contribution in [0.1, 0.15) is 97.8 Å². The van der Waals surface area contributed by atoms with Gasteiger partial charge in [-0.1, -0.05) is 50.2 Å². The summed E-state index contributed by atoms with van der Waals surface area (Å²) in [5.74, 6) is 0.686. The molecule has 3 saturated heterocycles. The predicted molar refractivity (Wildman–Crippen MR) is 305 cm³/mol. The summed E-state index contributed by atoms with van der Waals surface area (Å²) in [4.78, 5) is 50.8. The van der Waals surface area contributed by atoms with E-state index in [1.807, 2.05) is 41.3 Å². The molecule has 1 atom stereocenters. The maximum Gasteiger partial charge on any atom is 0.296 e. The van der Waals surface area contributed by atoms with E-state index >= 15 is 4.39 Å². The van der Waals surface area contributed by atoms with E-state index in [4.69, 9.17) is 19.2 Å². The van der Waals surface area contributed by atoms with Gasteiger partial charge >= 0.3 is 0 Å². The van der Waals surface area contributed by atoms with Gasteiger partial charge in [-0.3, -0.25) is 24.7 Å². The van der Waals surface area contributed by atoms with Gasteiger partial charge in [-0.05, 0) is 103 Å². The van der Waals surface area contributed by atoms with Crippen molar-refractivity contribution in [3.63, 3.8) is 0 Å². The fourth-order valence-corrected chi connectivity index (χ4v) is 14.1. The quantitative estimate of drug-likeness (QED) is 0.0555. The Bertz CT molecular complexity index is 3550. The SMILES string of the molecule is COc1ccc(CN2CCN(C3CC4(CCN(c5ccc(C(=O)NS(=O)(=O)c6cc([N+](=O)[O-])c(NCC7(F)CCOCC7)c7[nH]cnc67)c(N6CCCOc7nc8[nH]ccc8cc76)c5)CC4)C3)C(c3ccccc3C(C)C)C2)cc1. The van der Waals surface area contributed by atoms with Gasteiger partial charge in [0.2, 0.25) is 5.88 Å². The zero-order valence-electron chi connectivity index (χ0n) is 45.4. The highest BCUT2D eigenvalue weighted by Gasteiger charge is 2.50. The number of amides is 1. The van der Waals surface area contributed by atoms with E-state index in [1.54, 1.807) is 19.4 Å². The summed E-state index contributed by atoms with van der Waals surface area (Å²) in [5.41, 5.74) is 4.35. The zero-order valence-corrected chi connectivity index (χ0v) is 46.2. The number of imidazole rings is 1. The van der Waals surface area contributed by atoms with Gasteiger partial charge in [-0.25, -0.2) is 22.5 Å². The molecule has 4 fully saturated rings. The maximum atomic E-state index is 15.7. The van der Waals surface area contributed by atoms with Crippen LogP contribution in [0.15, 0.2) is 102 Å². The Morgan fingerprint density at radius 2 is 1.73 bits per heavy atom. The molecular weight excluding hydrogens is 1040 g/mol. The highest BCUT2D eigenvalue weighted by molar-refractivity contribution is 7.90. The van der Waals surface area contributed by atoms with E-state index in [0.29, 0.717) is 54.4 Å².